The Labute approximate surface area is 117 Å². The summed E-state index contributed by atoms with van der Waals surface area (Å²) in [7, 11) is 0. The van der Waals surface area contributed by atoms with Crippen molar-refractivity contribution in [1.82, 2.24) is 0 Å². The Morgan fingerprint density at radius 3 is 2.05 bits per heavy atom. The van der Waals surface area contributed by atoms with Gasteiger partial charge in [-0.05, 0) is 12.8 Å². The molecule has 0 amide bonds. The molecule has 3 heteroatoms. The Morgan fingerprint density at radius 1 is 0.895 bits per heavy atom. The predicted molar refractivity (Wildman–Crippen MR) is 78.9 cm³/mol. The van der Waals surface area contributed by atoms with Crippen molar-refractivity contribution in [1.29, 1.82) is 0 Å². The van der Waals surface area contributed by atoms with Gasteiger partial charge in [0.2, 0.25) is 0 Å². The van der Waals surface area contributed by atoms with Gasteiger partial charge in [0.15, 0.2) is 0 Å². The van der Waals surface area contributed by atoms with Crippen molar-refractivity contribution in [2.75, 3.05) is 13.2 Å². The fraction of sp³-hybridized carbons (Fsp3) is 0.688. The van der Waals surface area contributed by atoms with Crippen molar-refractivity contribution >= 4 is 5.97 Å². The second-order valence-corrected chi connectivity index (χ2v) is 4.60. The molecule has 0 aliphatic carbocycles. The highest BCUT2D eigenvalue weighted by atomic mass is 16.5. The molecule has 0 saturated carbocycles. The molecule has 0 aromatic heterocycles. The van der Waals surface area contributed by atoms with Crippen LogP contribution in [0.4, 0.5) is 0 Å². The standard InChI is InChI=1S/C16H28O3/c1-3-14-18-15-12-10-8-6-5-7-9-11-13-16(17)19-4-2/h3-4H,1-2,5-15H2. The zero-order valence-corrected chi connectivity index (χ0v) is 12.1. The molecule has 0 aliphatic rings. The first-order valence-corrected chi connectivity index (χ1v) is 7.30. The number of carbonyl (C=O) groups is 1. The number of hydrogen-bond acceptors (Lipinski definition) is 3. The van der Waals surface area contributed by atoms with E-state index < -0.39 is 0 Å². The maximum atomic E-state index is 11.0. The fourth-order valence-electron chi connectivity index (χ4n) is 1.85. The van der Waals surface area contributed by atoms with Crippen molar-refractivity contribution in [3.8, 4) is 0 Å². The van der Waals surface area contributed by atoms with Gasteiger partial charge in [-0.15, -0.1) is 6.58 Å². The summed E-state index contributed by atoms with van der Waals surface area (Å²) in [4.78, 5) is 11.0. The third kappa shape index (κ3) is 14.9. The molecular formula is C16H28O3. The molecular weight excluding hydrogens is 240 g/mol. The molecule has 0 aromatic carbocycles. The summed E-state index contributed by atoms with van der Waals surface area (Å²) in [6.07, 6.45) is 12.9. The topological polar surface area (TPSA) is 35.5 Å². The van der Waals surface area contributed by atoms with Crippen molar-refractivity contribution in [3.63, 3.8) is 0 Å². The predicted octanol–water partition coefficient (Wildman–Crippen LogP) is 4.39. The molecule has 0 aliphatic heterocycles. The van der Waals surface area contributed by atoms with Crippen LogP contribution in [0.25, 0.3) is 0 Å². The van der Waals surface area contributed by atoms with E-state index in [9.17, 15) is 4.79 Å². The molecule has 0 N–H and O–H groups in total. The first-order chi connectivity index (χ1) is 9.31. The lowest BCUT2D eigenvalue weighted by molar-refractivity contribution is -0.138. The number of unbranched alkanes of at least 4 members (excludes halogenated alkanes) is 7. The van der Waals surface area contributed by atoms with Gasteiger partial charge >= 0.3 is 5.97 Å². The fourth-order valence-corrected chi connectivity index (χ4v) is 1.85. The van der Waals surface area contributed by atoms with E-state index >= 15 is 0 Å². The van der Waals surface area contributed by atoms with Gasteiger partial charge in [0.25, 0.3) is 0 Å². The summed E-state index contributed by atoms with van der Waals surface area (Å²) >= 11 is 0. The summed E-state index contributed by atoms with van der Waals surface area (Å²) in [5.41, 5.74) is 0. The van der Waals surface area contributed by atoms with Crippen LogP contribution in [0.1, 0.15) is 57.8 Å². The van der Waals surface area contributed by atoms with E-state index in [1.807, 2.05) is 0 Å². The summed E-state index contributed by atoms with van der Waals surface area (Å²) in [6.45, 7) is 8.46. The number of ether oxygens (including phenoxy) is 2. The summed E-state index contributed by atoms with van der Waals surface area (Å²) < 4.78 is 9.96. The minimum atomic E-state index is -0.172. The monoisotopic (exact) mass is 268 g/mol. The van der Waals surface area contributed by atoms with Crippen molar-refractivity contribution in [2.24, 2.45) is 0 Å². The average molecular weight is 268 g/mol. The maximum absolute atomic E-state index is 11.0. The molecule has 0 radical (unpaired) electrons. The largest absolute Gasteiger partial charge is 0.435 e. The van der Waals surface area contributed by atoms with E-state index in [0.29, 0.717) is 13.0 Å². The van der Waals surface area contributed by atoms with Crippen LogP contribution >= 0.6 is 0 Å². The van der Waals surface area contributed by atoms with Crippen LogP contribution in [0.15, 0.2) is 25.5 Å². The molecule has 0 spiro atoms. The van der Waals surface area contributed by atoms with Crippen LogP contribution in [-0.4, -0.2) is 19.2 Å². The minimum absolute atomic E-state index is 0.172. The van der Waals surface area contributed by atoms with E-state index in [2.05, 4.69) is 17.9 Å². The van der Waals surface area contributed by atoms with Crippen LogP contribution in [0.2, 0.25) is 0 Å². The molecule has 0 fully saturated rings. The number of carbonyl (C=O) groups excluding carboxylic acids is 1. The van der Waals surface area contributed by atoms with Crippen molar-refractivity contribution in [3.05, 3.63) is 25.5 Å². The highest BCUT2D eigenvalue weighted by Crippen LogP contribution is 2.10. The van der Waals surface area contributed by atoms with Crippen LogP contribution in [0, 0.1) is 0 Å². The lowest BCUT2D eigenvalue weighted by Crippen LogP contribution is -1.98. The molecule has 0 unspecified atom stereocenters. The van der Waals surface area contributed by atoms with Gasteiger partial charge in [-0.2, -0.15) is 0 Å². The molecule has 0 saturated heterocycles. The Bertz CT molecular complexity index is 236. The molecule has 0 atom stereocenters. The first-order valence-electron chi connectivity index (χ1n) is 7.30. The molecule has 0 bridgehead atoms. The highest BCUT2D eigenvalue weighted by Gasteiger charge is 1.99. The van der Waals surface area contributed by atoms with Gasteiger partial charge in [-0.3, -0.25) is 4.79 Å². The second-order valence-electron chi connectivity index (χ2n) is 4.60. The van der Waals surface area contributed by atoms with Crippen LogP contribution in [0.3, 0.4) is 0 Å². The van der Waals surface area contributed by atoms with Crippen LogP contribution in [0.5, 0.6) is 0 Å². The van der Waals surface area contributed by atoms with Gasteiger partial charge in [0, 0.05) is 13.0 Å². The van der Waals surface area contributed by atoms with Crippen LogP contribution in [-0.2, 0) is 14.3 Å². The number of hydrogen-bond donors (Lipinski definition) is 0. The third-order valence-corrected chi connectivity index (χ3v) is 2.87. The Morgan fingerprint density at radius 2 is 1.47 bits per heavy atom. The van der Waals surface area contributed by atoms with Crippen LogP contribution < -0.4 is 0 Å². The molecule has 0 heterocycles. The van der Waals surface area contributed by atoms with E-state index in [0.717, 1.165) is 25.9 Å². The maximum Gasteiger partial charge on any atom is 0.310 e. The average Bonchev–Trinajstić information content (AvgIpc) is 2.40. The Hall–Kier alpha value is -1.09. The van der Waals surface area contributed by atoms with Crippen molar-refractivity contribution < 1.29 is 14.3 Å². The zero-order chi connectivity index (χ0) is 14.2. The molecule has 19 heavy (non-hydrogen) atoms. The van der Waals surface area contributed by atoms with Gasteiger partial charge in [0.1, 0.15) is 0 Å². The van der Waals surface area contributed by atoms with E-state index in [1.54, 1.807) is 6.08 Å². The lowest BCUT2D eigenvalue weighted by atomic mass is 10.1. The second kappa shape index (κ2) is 15.0. The Balaban J connectivity index is 3.04. The number of rotatable bonds is 14. The quantitative estimate of drug-likeness (QED) is 0.203. The zero-order valence-electron chi connectivity index (χ0n) is 12.1. The summed E-state index contributed by atoms with van der Waals surface area (Å²) in [5, 5.41) is 0. The Kier molecular flexibility index (Phi) is 14.1. The van der Waals surface area contributed by atoms with E-state index in [-0.39, 0.29) is 5.97 Å². The number of esters is 1. The first kappa shape index (κ1) is 17.9. The SMILES string of the molecule is C=CCOCCCCCCCCCCC(=O)OC=C. The molecule has 110 valence electrons. The highest BCUT2D eigenvalue weighted by molar-refractivity contribution is 5.69. The van der Waals surface area contributed by atoms with Gasteiger partial charge < -0.3 is 9.47 Å². The molecule has 0 rings (SSSR count). The minimum Gasteiger partial charge on any atom is -0.435 e. The normalized spacial score (nSPS) is 10.1. The lowest BCUT2D eigenvalue weighted by Gasteiger charge is -2.03. The van der Waals surface area contributed by atoms with Gasteiger partial charge in [-0.25, -0.2) is 0 Å². The third-order valence-electron chi connectivity index (χ3n) is 2.87. The van der Waals surface area contributed by atoms with E-state index in [4.69, 9.17) is 4.74 Å². The van der Waals surface area contributed by atoms with E-state index in [1.165, 1.54) is 38.4 Å². The summed E-state index contributed by atoms with van der Waals surface area (Å²) in [6, 6.07) is 0. The van der Waals surface area contributed by atoms with Crippen molar-refractivity contribution in [2.45, 2.75) is 57.8 Å². The molecule has 3 nitrogen and oxygen atoms in total. The van der Waals surface area contributed by atoms with Gasteiger partial charge in [0.05, 0.1) is 12.9 Å². The smallest absolute Gasteiger partial charge is 0.310 e. The summed E-state index contributed by atoms with van der Waals surface area (Å²) in [5.74, 6) is -0.172. The van der Waals surface area contributed by atoms with Gasteiger partial charge in [-0.1, -0.05) is 51.2 Å². The molecule has 0 aromatic rings.